The van der Waals surface area contributed by atoms with Crippen molar-refractivity contribution in [2.45, 2.75) is 58.7 Å². The Hall–Kier alpha value is -2.53. The summed E-state index contributed by atoms with van der Waals surface area (Å²) in [5, 5.41) is 2.98. The molecule has 0 bridgehead atoms. The standard InChI is InChI=1S/C25H33NO4/c1-5-28-22-13-12-18(24(27)26-16-20-9-8-14-29-20)15-19(22)17-30-23-11-7-6-10-21(23)25(2,3)4/h6-7,10-13,15,20H,5,8-9,14,16-17H2,1-4H3,(H,26,27)/t20-/m1/s1. The molecule has 162 valence electrons. The van der Waals surface area contributed by atoms with Gasteiger partial charge in [0.05, 0.1) is 12.7 Å². The van der Waals surface area contributed by atoms with E-state index in [-0.39, 0.29) is 17.4 Å². The molecule has 1 N–H and O–H groups in total. The summed E-state index contributed by atoms with van der Waals surface area (Å²) in [6.45, 7) is 10.6. The summed E-state index contributed by atoms with van der Waals surface area (Å²) in [5.41, 5.74) is 2.57. The summed E-state index contributed by atoms with van der Waals surface area (Å²) in [4.78, 5) is 12.6. The third-order valence-electron chi connectivity index (χ3n) is 5.22. The number of carbonyl (C=O) groups is 1. The van der Waals surface area contributed by atoms with Crippen LogP contribution in [-0.4, -0.2) is 31.8 Å². The maximum atomic E-state index is 12.6. The van der Waals surface area contributed by atoms with Gasteiger partial charge >= 0.3 is 0 Å². The van der Waals surface area contributed by atoms with Crippen LogP contribution in [0, 0.1) is 0 Å². The quantitative estimate of drug-likeness (QED) is 0.673. The molecule has 2 aromatic carbocycles. The van der Waals surface area contributed by atoms with E-state index in [2.05, 4.69) is 32.2 Å². The number of para-hydroxylation sites is 1. The molecular weight excluding hydrogens is 378 g/mol. The number of carbonyl (C=O) groups excluding carboxylic acids is 1. The molecule has 3 rings (SSSR count). The molecule has 0 aromatic heterocycles. The van der Waals surface area contributed by atoms with Gasteiger partial charge in [-0.15, -0.1) is 0 Å². The minimum absolute atomic E-state index is 0.0244. The van der Waals surface area contributed by atoms with Crippen molar-refractivity contribution in [3.63, 3.8) is 0 Å². The number of amides is 1. The number of benzene rings is 2. The zero-order valence-electron chi connectivity index (χ0n) is 18.5. The van der Waals surface area contributed by atoms with E-state index in [0.717, 1.165) is 42.1 Å². The van der Waals surface area contributed by atoms with Crippen molar-refractivity contribution in [3.8, 4) is 11.5 Å². The molecule has 1 saturated heterocycles. The van der Waals surface area contributed by atoms with Crippen LogP contribution in [0.2, 0.25) is 0 Å². The minimum atomic E-state index is -0.107. The smallest absolute Gasteiger partial charge is 0.251 e. The fraction of sp³-hybridized carbons (Fsp3) is 0.480. The van der Waals surface area contributed by atoms with Crippen LogP contribution in [0.15, 0.2) is 42.5 Å². The van der Waals surface area contributed by atoms with Crippen LogP contribution in [0.3, 0.4) is 0 Å². The highest BCUT2D eigenvalue weighted by atomic mass is 16.5. The summed E-state index contributed by atoms with van der Waals surface area (Å²) in [6, 6.07) is 13.6. The highest BCUT2D eigenvalue weighted by Crippen LogP contribution is 2.32. The summed E-state index contributed by atoms with van der Waals surface area (Å²) < 4.78 is 17.5. The molecule has 5 heteroatoms. The Morgan fingerprint density at radius 3 is 2.63 bits per heavy atom. The van der Waals surface area contributed by atoms with Crippen molar-refractivity contribution in [1.82, 2.24) is 5.32 Å². The number of hydrogen-bond donors (Lipinski definition) is 1. The van der Waals surface area contributed by atoms with Crippen molar-refractivity contribution in [1.29, 1.82) is 0 Å². The number of hydrogen-bond acceptors (Lipinski definition) is 4. The normalized spacial score (nSPS) is 16.3. The summed E-state index contributed by atoms with van der Waals surface area (Å²) >= 11 is 0. The predicted octanol–water partition coefficient (Wildman–Crippen LogP) is 4.87. The second-order valence-electron chi connectivity index (χ2n) is 8.64. The Kier molecular flexibility index (Phi) is 7.38. The first kappa shape index (κ1) is 22.2. The molecule has 0 unspecified atom stereocenters. The first-order valence-electron chi connectivity index (χ1n) is 10.8. The Labute approximate surface area is 179 Å². The van der Waals surface area contributed by atoms with Gasteiger partial charge in [-0.1, -0.05) is 39.0 Å². The lowest BCUT2D eigenvalue weighted by Gasteiger charge is -2.23. The van der Waals surface area contributed by atoms with Crippen molar-refractivity contribution in [2.75, 3.05) is 19.8 Å². The average Bonchev–Trinajstić information content (AvgIpc) is 3.24. The van der Waals surface area contributed by atoms with Gasteiger partial charge in [0.25, 0.3) is 5.91 Å². The van der Waals surface area contributed by atoms with Crippen molar-refractivity contribution >= 4 is 5.91 Å². The van der Waals surface area contributed by atoms with E-state index in [9.17, 15) is 4.79 Å². The number of rotatable bonds is 8. The van der Waals surface area contributed by atoms with Gasteiger partial charge in [0.2, 0.25) is 0 Å². The highest BCUT2D eigenvalue weighted by Gasteiger charge is 2.20. The predicted molar refractivity (Wildman–Crippen MR) is 118 cm³/mol. The van der Waals surface area contributed by atoms with E-state index in [1.807, 2.05) is 37.3 Å². The zero-order valence-corrected chi connectivity index (χ0v) is 18.5. The van der Waals surface area contributed by atoms with Crippen LogP contribution in [-0.2, 0) is 16.8 Å². The maximum absolute atomic E-state index is 12.6. The summed E-state index contributed by atoms with van der Waals surface area (Å²) in [5.74, 6) is 1.48. The molecule has 1 heterocycles. The van der Waals surface area contributed by atoms with Crippen LogP contribution in [0.5, 0.6) is 11.5 Å². The van der Waals surface area contributed by atoms with Crippen molar-refractivity contribution in [2.24, 2.45) is 0 Å². The second-order valence-corrected chi connectivity index (χ2v) is 8.64. The van der Waals surface area contributed by atoms with Gasteiger partial charge in [0.15, 0.2) is 0 Å². The van der Waals surface area contributed by atoms with E-state index in [4.69, 9.17) is 14.2 Å². The molecule has 1 aliphatic rings. The van der Waals surface area contributed by atoms with Crippen LogP contribution in [0.25, 0.3) is 0 Å². The molecule has 30 heavy (non-hydrogen) atoms. The van der Waals surface area contributed by atoms with Gasteiger partial charge in [-0.2, -0.15) is 0 Å². The number of ether oxygens (including phenoxy) is 3. The lowest BCUT2D eigenvalue weighted by atomic mass is 9.86. The third kappa shape index (κ3) is 5.76. The largest absolute Gasteiger partial charge is 0.493 e. The molecule has 1 amide bonds. The van der Waals surface area contributed by atoms with E-state index in [1.54, 1.807) is 6.07 Å². The molecule has 0 radical (unpaired) electrons. The first-order valence-corrected chi connectivity index (χ1v) is 10.8. The molecule has 0 aliphatic carbocycles. The van der Waals surface area contributed by atoms with E-state index in [1.165, 1.54) is 0 Å². The number of nitrogens with one attached hydrogen (secondary N) is 1. The van der Waals surface area contributed by atoms with Gasteiger partial charge in [0, 0.05) is 24.3 Å². The lowest BCUT2D eigenvalue weighted by Crippen LogP contribution is -2.31. The second kappa shape index (κ2) is 9.98. The van der Waals surface area contributed by atoms with Crippen LogP contribution >= 0.6 is 0 Å². The molecule has 5 nitrogen and oxygen atoms in total. The Morgan fingerprint density at radius 1 is 1.13 bits per heavy atom. The van der Waals surface area contributed by atoms with Gasteiger partial charge in [0.1, 0.15) is 18.1 Å². The third-order valence-corrected chi connectivity index (χ3v) is 5.22. The van der Waals surface area contributed by atoms with Crippen LogP contribution < -0.4 is 14.8 Å². The lowest BCUT2D eigenvalue weighted by molar-refractivity contribution is 0.0857. The van der Waals surface area contributed by atoms with Crippen LogP contribution in [0.1, 0.15) is 62.0 Å². The van der Waals surface area contributed by atoms with Gasteiger partial charge in [-0.25, -0.2) is 0 Å². The first-order chi connectivity index (χ1) is 14.4. The monoisotopic (exact) mass is 411 g/mol. The van der Waals surface area contributed by atoms with E-state index < -0.39 is 0 Å². The minimum Gasteiger partial charge on any atom is -0.493 e. The van der Waals surface area contributed by atoms with Crippen molar-refractivity contribution in [3.05, 3.63) is 59.2 Å². The molecule has 1 atom stereocenters. The SMILES string of the molecule is CCOc1ccc(C(=O)NC[C@H]2CCCO2)cc1COc1ccccc1C(C)(C)C. The van der Waals surface area contributed by atoms with Crippen molar-refractivity contribution < 1.29 is 19.0 Å². The fourth-order valence-corrected chi connectivity index (χ4v) is 3.61. The Bertz CT molecular complexity index is 850. The highest BCUT2D eigenvalue weighted by molar-refractivity contribution is 5.94. The average molecular weight is 412 g/mol. The zero-order chi connectivity index (χ0) is 21.6. The van der Waals surface area contributed by atoms with Gasteiger partial charge in [-0.05, 0) is 55.0 Å². The summed E-state index contributed by atoms with van der Waals surface area (Å²) in [7, 11) is 0. The molecule has 1 aliphatic heterocycles. The van der Waals surface area contributed by atoms with E-state index >= 15 is 0 Å². The molecule has 2 aromatic rings. The van der Waals surface area contributed by atoms with Gasteiger partial charge < -0.3 is 19.5 Å². The van der Waals surface area contributed by atoms with E-state index in [0.29, 0.717) is 25.3 Å². The molecule has 0 spiro atoms. The molecule has 0 saturated carbocycles. The van der Waals surface area contributed by atoms with Crippen LogP contribution in [0.4, 0.5) is 0 Å². The molecular formula is C25H33NO4. The Balaban J connectivity index is 1.74. The Morgan fingerprint density at radius 2 is 1.93 bits per heavy atom. The topological polar surface area (TPSA) is 56.8 Å². The summed E-state index contributed by atoms with van der Waals surface area (Å²) in [6.07, 6.45) is 2.17. The molecule has 1 fully saturated rings. The fourth-order valence-electron chi connectivity index (χ4n) is 3.61. The van der Waals surface area contributed by atoms with Gasteiger partial charge in [-0.3, -0.25) is 4.79 Å². The maximum Gasteiger partial charge on any atom is 0.251 e.